The number of amides is 2. The van der Waals surface area contributed by atoms with Crippen LogP contribution in [0.5, 0.6) is 0 Å². The fraction of sp³-hybridized carbons (Fsp3) is 0.391. The van der Waals surface area contributed by atoms with E-state index in [0.29, 0.717) is 49.8 Å². The lowest BCUT2D eigenvalue weighted by Crippen LogP contribution is -2.44. The summed E-state index contributed by atoms with van der Waals surface area (Å²) in [5.74, 6) is 0.270. The van der Waals surface area contributed by atoms with Gasteiger partial charge in [-0.3, -0.25) is 9.59 Å². The first kappa shape index (κ1) is 20.1. The van der Waals surface area contributed by atoms with Gasteiger partial charge in [0, 0.05) is 31.0 Å². The van der Waals surface area contributed by atoms with Gasteiger partial charge in [0.05, 0.1) is 5.41 Å². The fourth-order valence-electron chi connectivity index (χ4n) is 3.48. The summed E-state index contributed by atoms with van der Waals surface area (Å²) in [5.41, 5.74) is 1.70. The lowest BCUT2D eigenvalue weighted by atomic mass is 9.73. The number of hydrogen-bond donors (Lipinski definition) is 2. The highest BCUT2D eigenvalue weighted by molar-refractivity contribution is 6.00. The maximum Gasteiger partial charge on any atom is 0.251 e. The lowest BCUT2D eigenvalue weighted by molar-refractivity contribution is -0.125. The molecular weight excluding hydrogens is 352 g/mol. The molecule has 28 heavy (non-hydrogen) atoms. The highest BCUT2D eigenvalue weighted by atomic mass is 16.5. The van der Waals surface area contributed by atoms with E-state index in [9.17, 15) is 9.59 Å². The Morgan fingerprint density at radius 3 is 2.25 bits per heavy atom. The zero-order valence-electron chi connectivity index (χ0n) is 16.5. The molecule has 1 aliphatic heterocycles. The molecule has 0 unspecified atom stereocenters. The van der Waals surface area contributed by atoms with E-state index in [0.717, 1.165) is 5.56 Å². The highest BCUT2D eigenvalue weighted by Gasteiger charge is 2.41. The Balaban J connectivity index is 1.73. The molecule has 0 bridgehead atoms. The van der Waals surface area contributed by atoms with Gasteiger partial charge in [-0.2, -0.15) is 0 Å². The number of hydrogen-bond acceptors (Lipinski definition) is 3. The van der Waals surface area contributed by atoms with Gasteiger partial charge in [0.15, 0.2) is 0 Å². The summed E-state index contributed by atoms with van der Waals surface area (Å²) in [6.45, 7) is 5.88. The number of ether oxygens (including phenoxy) is 1. The molecule has 0 atom stereocenters. The minimum Gasteiger partial charge on any atom is -0.381 e. The molecule has 1 fully saturated rings. The molecule has 2 aromatic carbocycles. The van der Waals surface area contributed by atoms with Crippen molar-refractivity contribution >= 4 is 17.5 Å². The Morgan fingerprint density at radius 2 is 1.64 bits per heavy atom. The summed E-state index contributed by atoms with van der Waals surface area (Å²) < 4.78 is 5.50. The van der Waals surface area contributed by atoms with Gasteiger partial charge in [-0.25, -0.2) is 0 Å². The van der Waals surface area contributed by atoms with Crippen molar-refractivity contribution in [3.05, 3.63) is 65.7 Å². The molecule has 0 aromatic heterocycles. The number of rotatable bonds is 6. The molecule has 0 spiro atoms. The van der Waals surface area contributed by atoms with E-state index in [1.165, 1.54) is 0 Å². The molecular formula is C23H28N2O3. The van der Waals surface area contributed by atoms with Crippen LogP contribution in [-0.2, 0) is 14.9 Å². The Morgan fingerprint density at radius 1 is 1.00 bits per heavy atom. The minimum absolute atomic E-state index is 0.0287. The van der Waals surface area contributed by atoms with Crippen LogP contribution in [-0.4, -0.2) is 31.6 Å². The summed E-state index contributed by atoms with van der Waals surface area (Å²) in [6, 6.07) is 16.9. The van der Waals surface area contributed by atoms with Crippen LogP contribution in [0.4, 0.5) is 5.69 Å². The summed E-state index contributed by atoms with van der Waals surface area (Å²) >= 11 is 0. The van der Waals surface area contributed by atoms with Crippen molar-refractivity contribution in [1.29, 1.82) is 0 Å². The molecule has 2 amide bonds. The van der Waals surface area contributed by atoms with Gasteiger partial charge in [0.25, 0.3) is 5.91 Å². The van der Waals surface area contributed by atoms with Gasteiger partial charge in [-0.15, -0.1) is 0 Å². The first-order valence-corrected chi connectivity index (χ1v) is 9.84. The van der Waals surface area contributed by atoms with E-state index in [4.69, 9.17) is 4.74 Å². The zero-order chi connectivity index (χ0) is 20.0. The first-order valence-electron chi connectivity index (χ1n) is 9.84. The third-order valence-electron chi connectivity index (χ3n) is 5.18. The van der Waals surface area contributed by atoms with Gasteiger partial charge in [0.2, 0.25) is 5.91 Å². The predicted octanol–water partition coefficient (Wildman–Crippen LogP) is 3.76. The third kappa shape index (κ3) is 4.60. The Hall–Kier alpha value is -2.66. The monoisotopic (exact) mass is 380 g/mol. The second kappa shape index (κ2) is 9.02. The van der Waals surface area contributed by atoms with Gasteiger partial charge in [-0.1, -0.05) is 44.2 Å². The van der Waals surface area contributed by atoms with E-state index in [-0.39, 0.29) is 11.8 Å². The number of carbonyl (C=O) groups is 2. The van der Waals surface area contributed by atoms with Crippen molar-refractivity contribution in [3.8, 4) is 0 Å². The Bertz CT molecular complexity index is 794. The maximum absolute atomic E-state index is 13.2. The topological polar surface area (TPSA) is 67.4 Å². The molecule has 2 N–H and O–H groups in total. The van der Waals surface area contributed by atoms with Crippen LogP contribution >= 0.6 is 0 Å². The molecule has 5 nitrogen and oxygen atoms in total. The molecule has 3 rings (SSSR count). The van der Waals surface area contributed by atoms with Crippen molar-refractivity contribution in [2.24, 2.45) is 5.92 Å². The molecule has 1 heterocycles. The second-order valence-electron chi connectivity index (χ2n) is 7.70. The number of anilines is 1. The molecule has 2 aromatic rings. The summed E-state index contributed by atoms with van der Waals surface area (Å²) in [5, 5.41) is 5.94. The van der Waals surface area contributed by atoms with Crippen molar-refractivity contribution in [2.75, 3.05) is 25.1 Å². The molecule has 0 saturated carbocycles. The normalized spacial score (nSPS) is 15.8. The van der Waals surface area contributed by atoms with Crippen LogP contribution < -0.4 is 10.6 Å². The lowest BCUT2D eigenvalue weighted by Gasteiger charge is -2.36. The Labute approximate surface area is 166 Å². The molecule has 1 aliphatic rings. The van der Waals surface area contributed by atoms with Gasteiger partial charge >= 0.3 is 0 Å². The molecule has 0 radical (unpaired) electrons. The Kier molecular flexibility index (Phi) is 6.47. The highest BCUT2D eigenvalue weighted by Crippen LogP contribution is 2.36. The van der Waals surface area contributed by atoms with Gasteiger partial charge in [-0.05, 0) is 48.6 Å². The fourth-order valence-corrected chi connectivity index (χ4v) is 3.48. The van der Waals surface area contributed by atoms with Crippen molar-refractivity contribution in [2.45, 2.75) is 32.1 Å². The van der Waals surface area contributed by atoms with Crippen molar-refractivity contribution in [1.82, 2.24) is 5.32 Å². The average molecular weight is 380 g/mol. The summed E-state index contributed by atoms with van der Waals surface area (Å²) in [7, 11) is 0. The number of nitrogens with one attached hydrogen (secondary N) is 2. The first-order chi connectivity index (χ1) is 13.5. The molecule has 148 valence electrons. The van der Waals surface area contributed by atoms with Crippen molar-refractivity contribution in [3.63, 3.8) is 0 Å². The van der Waals surface area contributed by atoms with E-state index in [1.807, 2.05) is 30.3 Å². The quantitative estimate of drug-likeness (QED) is 0.802. The smallest absolute Gasteiger partial charge is 0.251 e. The molecule has 1 saturated heterocycles. The third-order valence-corrected chi connectivity index (χ3v) is 5.18. The average Bonchev–Trinajstić information content (AvgIpc) is 2.73. The largest absolute Gasteiger partial charge is 0.381 e. The van der Waals surface area contributed by atoms with Crippen LogP contribution in [0.25, 0.3) is 0 Å². The van der Waals surface area contributed by atoms with E-state index >= 15 is 0 Å². The van der Waals surface area contributed by atoms with E-state index < -0.39 is 5.41 Å². The van der Waals surface area contributed by atoms with Crippen LogP contribution in [0.3, 0.4) is 0 Å². The van der Waals surface area contributed by atoms with Crippen LogP contribution in [0.1, 0.15) is 42.6 Å². The number of carbonyl (C=O) groups excluding carboxylic acids is 2. The summed E-state index contributed by atoms with van der Waals surface area (Å²) in [4.78, 5) is 25.4. The molecule has 0 aliphatic carbocycles. The van der Waals surface area contributed by atoms with E-state index in [2.05, 4.69) is 24.5 Å². The molecule has 5 heteroatoms. The van der Waals surface area contributed by atoms with Gasteiger partial charge < -0.3 is 15.4 Å². The van der Waals surface area contributed by atoms with E-state index in [1.54, 1.807) is 24.3 Å². The number of benzene rings is 2. The zero-order valence-corrected chi connectivity index (χ0v) is 16.5. The van der Waals surface area contributed by atoms with Crippen LogP contribution in [0.2, 0.25) is 0 Å². The van der Waals surface area contributed by atoms with Crippen molar-refractivity contribution < 1.29 is 14.3 Å². The van der Waals surface area contributed by atoms with Gasteiger partial charge in [0.1, 0.15) is 0 Å². The predicted molar refractivity (Wildman–Crippen MR) is 110 cm³/mol. The van der Waals surface area contributed by atoms with Crippen LogP contribution in [0, 0.1) is 5.92 Å². The van der Waals surface area contributed by atoms with Crippen LogP contribution in [0.15, 0.2) is 54.6 Å². The second-order valence-corrected chi connectivity index (χ2v) is 7.70. The summed E-state index contributed by atoms with van der Waals surface area (Å²) in [6.07, 6.45) is 1.30. The maximum atomic E-state index is 13.2. The SMILES string of the molecule is CC(C)CNC(=O)c1ccc(NC(=O)C2(c3ccccc3)CCOCC2)cc1. The standard InChI is InChI=1S/C23H28N2O3/c1-17(2)16-24-21(26)18-8-10-20(11-9-18)25-22(27)23(12-14-28-15-13-23)19-6-4-3-5-7-19/h3-11,17H,12-16H2,1-2H3,(H,24,26)(H,25,27). The minimum atomic E-state index is -0.590.